The number of nitro benzene ring substituents is 1. The molecule has 0 aliphatic rings. The Bertz CT molecular complexity index is 458. The van der Waals surface area contributed by atoms with Gasteiger partial charge in [0.25, 0.3) is 0 Å². The van der Waals surface area contributed by atoms with E-state index in [9.17, 15) is 14.9 Å². The number of carbonyl (C=O) groups is 1. The zero-order valence-corrected chi connectivity index (χ0v) is 9.43. The Morgan fingerprint density at radius 1 is 1.47 bits per heavy atom. The first-order valence-corrected chi connectivity index (χ1v) is 4.67. The Labute approximate surface area is 97.3 Å². The maximum absolute atomic E-state index is 11.1. The summed E-state index contributed by atoms with van der Waals surface area (Å²) >= 11 is 0. The third-order valence-corrected chi connectivity index (χ3v) is 2.23. The predicted molar refractivity (Wildman–Crippen MR) is 59.8 cm³/mol. The Hall–Kier alpha value is -2.31. The van der Waals surface area contributed by atoms with E-state index >= 15 is 0 Å². The third kappa shape index (κ3) is 2.63. The van der Waals surface area contributed by atoms with E-state index in [0.717, 1.165) is 0 Å². The van der Waals surface area contributed by atoms with E-state index in [1.165, 1.54) is 26.4 Å². The fraction of sp³-hybridized carbons (Fsp3) is 0.300. The molecule has 0 saturated carbocycles. The first kappa shape index (κ1) is 12.8. The number of hydrogen-bond donors (Lipinski definition) is 1. The first-order valence-electron chi connectivity index (χ1n) is 4.67. The molecule has 0 heterocycles. The van der Waals surface area contributed by atoms with Crippen molar-refractivity contribution in [3.8, 4) is 5.75 Å². The molecule has 0 aliphatic heterocycles. The van der Waals surface area contributed by atoms with Crippen molar-refractivity contribution in [3.05, 3.63) is 27.8 Å². The topological polar surface area (TPSA) is 105 Å². The third-order valence-electron chi connectivity index (χ3n) is 2.23. The van der Waals surface area contributed by atoms with E-state index < -0.39 is 10.9 Å². The average molecular weight is 240 g/mol. The van der Waals surface area contributed by atoms with Gasteiger partial charge in [-0.05, 0) is 11.6 Å². The Morgan fingerprint density at radius 2 is 2.12 bits per heavy atom. The van der Waals surface area contributed by atoms with Gasteiger partial charge < -0.3 is 15.2 Å². The molecule has 7 heteroatoms. The van der Waals surface area contributed by atoms with E-state index in [1.54, 1.807) is 0 Å². The molecule has 1 aromatic rings. The fourth-order valence-corrected chi connectivity index (χ4v) is 1.37. The quantitative estimate of drug-likeness (QED) is 0.363. The SMILES string of the molecule is COC(=O)Cc1ccc([N+](=O)[O-])c(OC)c1N. The van der Waals surface area contributed by atoms with Crippen molar-refractivity contribution in [2.45, 2.75) is 6.42 Å². The molecular weight excluding hydrogens is 228 g/mol. The standard InChI is InChI=1S/C10H12N2O5/c1-16-8(13)5-6-3-4-7(12(14)15)10(17-2)9(6)11/h3-4H,5,11H2,1-2H3. The smallest absolute Gasteiger partial charge is 0.313 e. The summed E-state index contributed by atoms with van der Waals surface area (Å²) in [5.41, 5.74) is 5.97. The van der Waals surface area contributed by atoms with Gasteiger partial charge in [-0.15, -0.1) is 0 Å². The molecule has 7 nitrogen and oxygen atoms in total. The van der Waals surface area contributed by atoms with E-state index in [-0.39, 0.29) is 23.5 Å². The lowest BCUT2D eigenvalue weighted by atomic mass is 10.1. The van der Waals surface area contributed by atoms with Crippen LogP contribution in [0, 0.1) is 10.1 Å². The van der Waals surface area contributed by atoms with Gasteiger partial charge in [0.05, 0.1) is 31.3 Å². The number of nitrogens with zero attached hydrogens (tertiary/aromatic N) is 1. The lowest BCUT2D eigenvalue weighted by Gasteiger charge is -2.09. The largest absolute Gasteiger partial charge is 0.489 e. The first-order chi connectivity index (χ1) is 8.01. The molecule has 0 aromatic heterocycles. The van der Waals surface area contributed by atoms with Gasteiger partial charge in [-0.2, -0.15) is 0 Å². The molecule has 1 aromatic carbocycles. The van der Waals surface area contributed by atoms with Gasteiger partial charge in [0.1, 0.15) is 0 Å². The van der Waals surface area contributed by atoms with E-state index in [2.05, 4.69) is 4.74 Å². The van der Waals surface area contributed by atoms with Crippen LogP contribution in [0.5, 0.6) is 5.75 Å². The predicted octanol–water partition coefficient (Wildman–Crippen LogP) is 0.901. The van der Waals surface area contributed by atoms with E-state index in [4.69, 9.17) is 10.5 Å². The summed E-state index contributed by atoms with van der Waals surface area (Å²) in [4.78, 5) is 21.2. The minimum atomic E-state index is -0.600. The van der Waals surface area contributed by atoms with Crippen molar-refractivity contribution in [3.63, 3.8) is 0 Å². The minimum absolute atomic E-state index is 0.0450. The lowest BCUT2D eigenvalue weighted by Crippen LogP contribution is -2.08. The average Bonchev–Trinajstić information content (AvgIpc) is 2.30. The van der Waals surface area contributed by atoms with Gasteiger partial charge in [0, 0.05) is 6.07 Å². The molecule has 0 aliphatic carbocycles. The van der Waals surface area contributed by atoms with Crippen LogP contribution in [0.25, 0.3) is 0 Å². The summed E-state index contributed by atoms with van der Waals surface area (Å²) < 4.78 is 9.37. The van der Waals surface area contributed by atoms with Crippen LogP contribution in [0.15, 0.2) is 12.1 Å². The van der Waals surface area contributed by atoms with Crippen molar-refractivity contribution in [2.24, 2.45) is 0 Å². The van der Waals surface area contributed by atoms with Gasteiger partial charge in [-0.1, -0.05) is 0 Å². The highest BCUT2D eigenvalue weighted by molar-refractivity contribution is 5.78. The van der Waals surface area contributed by atoms with Crippen molar-refractivity contribution in [1.82, 2.24) is 0 Å². The Morgan fingerprint density at radius 3 is 2.59 bits per heavy atom. The highest BCUT2D eigenvalue weighted by Crippen LogP contribution is 2.35. The van der Waals surface area contributed by atoms with Gasteiger partial charge in [0.2, 0.25) is 5.75 Å². The normalized spacial score (nSPS) is 9.76. The number of anilines is 1. The summed E-state index contributed by atoms with van der Waals surface area (Å²) in [7, 11) is 2.53. The molecule has 0 bridgehead atoms. The monoisotopic (exact) mass is 240 g/mol. The number of rotatable bonds is 4. The molecule has 0 radical (unpaired) electrons. The van der Waals surface area contributed by atoms with Crippen molar-refractivity contribution in [2.75, 3.05) is 20.0 Å². The number of nitrogen functional groups attached to an aromatic ring is 1. The van der Waals surface area contributed by atoms with Crippen molar-refractivity contribution < 1.29 is 19.2 Å². The Balaban J connectivity index is 3.20. The number of methoxy groups -OCH3 is 2. The molecular formula is C10H12N2O5. The molecule has 1 rings (SSSR count). The second kappa shape index (κ2) is 5.15. The lowest BCUT2D eigenvalue weighted by molar-refractivity contribution is -0.385. The number of nitro groups is 1. The van der Waals surface area contributed by atoms with Gasteiger partial charge in [-0.3, -0.25) is 14.9 Å². The molecule has 0 unspecified atom stereocenters. The van der Waals surface area contributed by atoms with Crippen LogP contribution in [-0.2, 0) is 16.0 Å². The fourth-order valence-electron chi connectivity index (χ4n) is 1.37. The number of benzene rings is 1. The van der Waals surface area contributed by atoms with Gasteiger partial charge >= 0.3 is 11.7 Å². The molecule has 2 N–H and O–H groups in total. The minimum Gasteiger partial charge on any atom is -0.489 e. The van der Waals surface area contributed by atoms with E-state index in [0.29, 0.717) is 5.56 Å². The van der Waals surface area contributed by atoms with Crippen molar-refractivity contribution in [1.29, 1.82) is 0 Å². The van der Waals surface area contributed by atoms with Crippen molar-refractivity contribution >= 4 is 17.3 Å². The molecule has 0 spiro atoms. The molecule has 17 heavy (non-hydrogen) atoms. The summed E-state index contributed by atoms with van der Waals surface area (Å²) in [6, 6.07) is 2.65. The zero-order valence-electron chi connectivity index (χ0n) is 9.43. The number of esters is 1. The summed E-state index contributed by atoms with van der Waals surface area (Å²) in [5, 5.41) is 10.7. The van der Waals surface area contributed by atoms with Crippen LogP contribution in [-0.4, -0.2) is 25.1 Å². The highest BCUT2D eigenvalue weighted by Gasteiger charge is 2.21. The number of ether oxygens (including phenoxy) is 2. The van der Waals surface area contributed by atoms with E-state index in [1.807, 2.05) is 0 Å². The summed E-state index contributed by atoms with van der Waals surface area (Å²) in [6.07, 6.45) is -0.0588. The molecule has 0 saturated heterocycles. The number of nitrogens with two attached hydrogens (primary N) is 1. The second-order valence-corrected chi connectivity index (χ2v) is 3.20. The molecule has 0 amide bonds. The Kier molecular flexibility index (Phi) is 3.86. The molecule has 0 fully saturated rings. The van der Waals surface area contributed by atoms with Crippen LogP contribution >= 0.6 is 0 Å². The summed E-state index contributed by atoms with van der Waals surface area (Å²) in [6.45, 7) is 0. The number of carbonyl (C=O) groups excluding carboxylic acids is 1. The van der Waals surface area contributed by atoms with Crippen LogP contribution in [0.4, 0.5) is 11.4 Å². The van der Waals surface area contributed by atoms with Crippen LogP contribution < -0.4 is 10.5 Å². The zero-order chi connectivity index (χ0) is 13.0. The maximum Gasteiger partial charge on any atom is 0.313 e. The summed E-state index contributed by atoms with van der Waals surface area (Å²) in [5.74, 6) is -0.524. The molecule has 0 atom stereocenters. The highest BCUT2D eigenvalue weighted by atomic mass is 16.6. The second-order valence-electron chi connectivity index (χ2n) is 3.20. The van der Waals surface area contributed by atoms with Crippen LogP contribution in [0.1, 0.15) is 5.56 Å². The maximum atomic E-state index is 11.1. The number of hydrogen-bond acceptors (Lipinski definition) is 6. The van der Waals surface area contributed by atoms with Crippen LogP contribution in [0.2, 0.25) is 0 Å². The van der Waals surface area contributed by atoms with Gasteiger partial charge in [-0.25, -0.2) is 0 Å². The molecule has 92 valence electrons. The van der Waals surface area contributed by atoms with Crippen LogP contribution in [0.3, 0.4) is 0 Å². The van der Waals surface area contributed by atoms with Gasteiger partial charge in [0.15, 0.2) is 0 Å².